The first-order chi connectivity index (χ1) is 16.2. The molecule has 0 atom stereocenters. The molecule has 7 nitrogen and oxygen atoms in total. The molecule has 182 valence electrons. The summed E-state index contributed by atoms with van der Waals surface area (Å²) in [6.07, 6.45) is 2.65. The van der Waals surface area contributed by atoms with Crippen molar-refractivity contribution < 1.29 is 9.18 Å². The van der Waals surface area contributed by atoms with Crippen molar-refractivity contribution in [1.82, 2.24) is 24.6 Å². The first kappa shape index (κ1) is 24.1. The Morgan fingerprint density at radius 2 is 1.76 bits per heavy atom. The molecule has 0 saturated carbocycles. The van der Waals surface area contributed by atoms with Crippen LogP contribution in [0.5, 0.6) is 0 Å². The molecule has 3 aromatic rings. The molecule has 0 radical (unpaired) electrons. The Kier molecular flexibility index (Phi) is 7.14. The standard InChI is InChI=1S/C26H35FN6O/c1-17(2)7-12-22-28-24(31-13-6-14-32(16-15-31)26(34)18(3)4)23-19(5)30-33(25(23)29-22)21-10-8-20(27)9-11-21/h8-11,17-18H,6-7,12-16H2,1-5H3. The normalized spacial score (nSPS) is 14.9. The molecule has 4 rings (SSSR count). The lowest BCUT2D eigenvalue weighted by Gasteiger charge is -2.25. The van der Waals surface area contributed by atoms with E-state index in [9.17, 15) is 9.18 Å². The molecule has 1 aliphatic heterocycles. The predicted molar refractivity (Wildman–Crippen MR) is 133 cm³/mol. The zero-order valence-electron chi connectivity index (χ0n) is 20.9. The number of aromatic nitrogens is 4. The Hall–Kier alpha value is -3.03. The summed E-state index contributed by atoms with van der Waals surface area (Å²) < 4.78 is 15.3. The van der Waals surface area contributed by atoms with E-state index in [0.29, 0.717) is 12.5 Å². The van der Waals surface area contributed by atoms with Crippen molar-refractivity contribution in [3.63, 3.8) is 0 Å². The van der Waals surface area contributed by atoms with E-state index in [-0.39, 0.29) is 17.6 Å². The van der Waals surface area contributed by atoms with Crippen LogP contribution in [0.2, 0.25) is 0 Å². The number of rotatable bonds is 6. The highest BCUT2D eigenvalue weighted by Gasteiger charge is 2.25. The summed E-state index contributed by atoms with van der Waals surface area (Å²) in [5.41, 5.74) is 2.35. The van der Waals surface area contributed by atoms with E-state index in [1.807, 2.05) is 25.7 Å². The summed E-state index contributed by atoms with van der Waals surface area (Å²) in [7, 11) is 0. The lowest BCUT2D eigenvalue weighted by atomic mass is 10.1. The van der Waals surface area contributed by atoms with Gasteiger partial charge < -0.3 is 9.80 Å². The van der Waals surface area contributed by atoms with Crippen LogP contribution in [0.25, 0.3) is 16.7 Å². The molecular weight excluding hydrogens is 431 g/mol. The van der Waals surface area contributed by atoms with Gasteiger partial charge in [0, 0.05) is 38.5 Å². The second-order valence-electron chi connectivity index (χ2n) is 9.89. The second-order valence-corrected chi connectivity index (χ2v) is 9.89. The summed E-state index contributed by atoms with van der Waals surface area (Å²) >= 11 is 0. The molecule has 0 spiro atoms. The maximum atomic E-state index is 13.6. The molecule has 0 N–H and O–H groups in total. The molecule has 0 unspecified atom stereocenters. The second kappa shape index (κ2) is 10.1. The van der Waals surface area contributed by atoms with Crippen LogP contribution < -0.4 is 4.90 Å². The molecular formula is C26H35FN6O. The van der Waals surface area contributed by atoms with E-state index < -0.39 is 0 Å². The number of hydrogen-bond acceptors (Lipinski definition) is 5. The number of halogens is 1. The van der Waals surface area contributed by atoms with Gasteiger partial charge in [0.25, 0.3) is 0 Å². The van der Waals surface area contributed by atoms with E-state index in [4.69, 9.17) is 15.1 Å². The van der Waals surface area contributed by atoms with Crippen LogP contribution in [0.1, 0.15) is 52.1 Å². The van der Waals surface area contributed by atoms with Crippen molar-refractivity contribution in [3.05, 3.63) is 41.6 Å². The van der Waals surface area contributed by atoms with Crippen LogP contribution in [-0.2, 0) is 11.2 Å². The van der Waals surface area contributed by atoms with E-state index in [1.165, 1.54) is 12.1 Å². The van der Waals surface area contributed by atoms with Crippen molar-refractivity contribution in [2.75, 3.05) is 31.1 Å². The number of benzene rings is 1. The fourth-order valence-corrected chi connectivity index (χ4v) is 4.44. The summed E-state index contributed by atoms with van der Waals surface area (Å²) in [5.74, 6) is 2.13. The third-order valence-electron chi connectivity index (χ3n) is 6.35. The van der Waals surface area contributed by atoms with Gasteiger partial charge in [-0.1, -0.05) is 27.7 Å². The van der Waals surface area contributed by atoms with Gasteiger partial charge in [-0.3, -0.25) is 4.79 Å². The van der Waals surface area contributed by atoms with E-state index in [1.54, 1.807) is 16.8 Å². The molecule has 1 aromatic carbocycles. The fourth-order valence-electron chi connectivity index (χ4n) is 4.44. The van der Waals surface area contributed by atoms with Crippen molar-refractivity contribution >= 4 is 22.8 Å². The fraction of sp³-hybridized carbons (Fsp3) is 0.538. The van der Waals surface area contributed by atoms with Crippen molar-refractivity contribution in [2.24, 2.45) is 11.8 Å². The smallest absolute Gasteiger partial charge is 0.225 e. The average molecular weight is 467 g/mol. The Balaban J connectivity index is 1.77. The SMILES string of the molecule is Cc1nn(-c2ccc(F)cc2)c2nc(CCC(C)C)nc(N3CCCN(C(=O)C(C)C)CC3)c12. The van der Waals surface area contributed by atoms with Crippen LogP contribution >= 0.6 is 0 Å². The van der Waals surface area contributed by atoms with Gasteiger partial charge in [0.1, 0.15) is 17.5 Å². The van der Waals surface area contributed by atoms with Gasteiger partial charge in [0.15, 0.2) is 5.65 Å². The molecule has 1 saturated heterocycles. The number of carbonyl (C=O) groups is 1. The zero-order valence-corrected chi connectivity index (χ0v) is 20.9. The molecule has 0 bridgehead atoms. The summed E-state index contributed by atoms with van der Waals surface area (Å²) in [4.78, 5) is 26.8. The maximum absolute atomic E-state index is 13.6. The number of fused-ring (bicyclic) bond motifs is 1. The molecule has 8 heteroatoms. The number of carbonyl (C=O) groups excluding carboxylic acids is 1. The highest BCUT2D eigenvalue weighted by Crippen LogP contribution is 2.30. The Labute approximate surface area is 201 Å². The Morgan fingerprint density at radius 3 is 2.44 bits per heavy atom. The summed E-state index contributed by atoms with van der Waals surface area (Å²) in [5, 5.41) is 5.69. The van der Waals surface area contributed by atoms with Crippen molar-refractivity contribution in [3.8, 4) is 5.69 Å². The molecule has 34 heavy (non-hydrogen) atoms. The Bertz CT molecular complexity index is 1150. The van der Waals surface area contributed by atoms with Gasteiger partial charge in [-0.15, -0.1) is 0 Å². The number of nitrogens with zero attached hydrogens (tertiary/aromatic N) is 6. The third-order valence-corrected chi connectivity index (χ3v) is 6.35. The van der Waals surface area contributed by atoms with Crippen LogP contribution in [0, 0.1) is 24.6 Å². The lowest BCUT2D eigenvalue weighted by Crippen LogP contribution is -2.37. The van der Waals surface area contributed by atoms with Crippen LogP contribution in [-0.4, -0.2) is 56.7 Å². The first-order valence-electron chi connectivity index (χ1n) is 12.3. The summed E-state index contributed by atoms with van der Waals surface area (Å²) in [6, 6.07) is 6.32. The van der Waals surface area contributed by atoms with Gasteiger partial charge >= 0.3 is 0 Å². The zero-order chi connectivity index (χ0) is 24.4. The van der Waals surface area contributed by atoms with Gasteiger partial charge in [-0.25, -0.2) is 19.0 Å². The molecule has 2 aromatic heterocycles. The Morgan fingerprint density at radius 1 is 1.03 bits per heavy atom. The minimum absolute atomic E-state index is 0.00358. The van der Waals surface area contributed by atoms with Crippen molar-refractivity contribution in [2.45, 2.75) is 53.9 Å². The number of hydrogen-bond donors (Lipinski definition) is 0. The highest BCUT2D eigenvalue weighted by atomic mass is 19.1. The number of aryl methyl sites for hydroxylation is 2. The predicted octanol–water partition coefficient (Wildman–Crippen LogP) is 4.55. The molecule has 3 heterocycles. The topological polar surface area (TPSA) is 67.2 Å². The molecule has 1 fully saturated rings. The first-order valence-corrected chi connectivity index (χ1v) is 12.3. The molecule has 1 aliphatic rings. The molecule has 1 amide bonds. The van der Waals surface area contributed by atoms with Gasteiger partial charge in [0.2, 0.25) is 5.91 Å². The highest BCUT2D eigenvalue weighted by molar-refractivity contribution is 5.91. The van der Waals surface area contributed by atoms with Gasteiger partial charge in [-0.2, -0.15) is 5.10 Å². The van der Waals surface area contributed by atoms with Crippen molar-refractivity contribution in [1.29, 1.82) is 0 Å². The van der Waals surface area contributed by atoms with Gasteiger partial charge in [-0.05, 0) is 49.9 Å². The van der Waals surface area contributed by atoms with Crippen LogP contribution in [0.3, 0.4) is 0 Å². The summed E-state index contributed by atoms with van der Waals surface area (Å²) in [6.45, 7) is 13.2. The monoisotopic (exact) mass is 466 g/mol. The van der Waals surface area contributed by atoms with Gasteiger partial charge in [0.05, 0.1) is 16.8 Å². The lowest BCUT2D eigenvalue weighted by molar-refractivity contribution is -0.134. The quantitative estimate of drug-likeness (QED) is 0.533. The minimum atomic E-state index is -0.282. The van der Waals surface area contributed by atoms with E-state index in [0.717, 1.165) is 73.0 Å². The number of anilines is 1. The van der Waals surface area contributed by atoms with E-state index in [2.05, 4.69) is 18.7 Å². The number of amides is 1. The van der Waals surface area contributed by atoms with Crippen LogP contribution in [0.15, 0.2) is 24.3 Å². The average Bonchev–Trinajstić information content (AvgIpc) is 2.97. The maximum Gasteiger partial charge on any atom is 0.225 e. The molecule has 0 aliphatic carbocycles. The third kappa shape index (κ3) is 5.05. The minimum Gasteiger partial charge on any atom is -0.354 e. The largest absolute Gasteiger partial charge is 0.354 e. The van der Waals surface area contributed by atoms with Crippen LogP contribution in [0.4, 0.5) is 10.2 Å². The van der Waals surface area contributed by atoms with E-state index >= 15 is 0 Å².